The van der Waals surface area contributed by atoms with Crippen LogP contribution in [0, 0.1) is 0 Å². The van der Waals surface area contributed by atoms with Gasteiger partial charge in [-0.2, -0.15) is 0 Å². The van der Waals surface area contributed by atoms with Gasteiger partial charge in [-0.25, -0.2) is 0 Å². The maximum absolute atomic E-state index is 5.49. The van der Waals surface area contributed by atoms with Gasteiger partial charge in [0.05, 0.1) is 7.11 Å². The third kappa shape index (κ3) is 3.28. The molecule has 3 nitrogen and oxygen atoms in total. The van der Waals surface area contributed by atoms with Crippen molar-refractivity contribution in [2.75, 3.05) is 27.2 Å². The Balaban J connectivity index is 2.17. The van der Waals surface area contributed by atoms with E-state index in [1.54, 1.807) is 7.11 Å². The molecule has 1 saturated heterocycles. The molecule has 0 saturated carbocycles. The lowest BCUT2D eigenvalue weighted by Gasteiger charge is -2.36. The summed E-state index contributed by atoms with van der Waals surface area (Å²) in [5.41, 5.74) is 2.76. The predicted octanol–water partition coefficient (Wildman–Crippen LogP) is 2.40. The largest absolute Gasteiger partial charge is 0.496 e. The Morgan fingerprint density at radius 1 is 1.32 bits per heavy atom. The van der Waals surface area contributed by atoms with E-state index in [1.165, 1.54) is 11.1 Å². The Labute approximate surface area is 116 Å². The van der Waals surface area contributed by atoms with Crippen LogP contribution in [0.2, 0.25) is 0 Å². The lowest BCUT2D eigenvalue weighted by Crippen LogP contribution is -2.55. The van der Waals surface area contributed by atoms with E-state index in [-0.39, 0.29) is 5.41 Å². The van der Waals surface area contributed by atoms with Gasteiger partial charge in [-0.3, -0.25) is 4.90 Å². The molecule has 1 heterocycles. The Morgan fingerprint density at radius 2 is 2.00 bits per heavy atom. The maximum atomic E-state index is 5.49. The molecule has 0 radical (unpaired) electrons. The first-order chi connectivity index (χ1) is 8.91. The smallest absolute Gasteiger partial charge is 0.122 e. The SMILES string of the molecule is COc1ccc(CN(C)C2CNC2)cc1C(C)(C)C. The van der Waals surface area contributed by atoms with Gasteiger partial charge in [0.2, 0.25) is 0 Å². The standard InChI is InChI=1S/C16H26N2O/c1-16(2,3)14-8-12(6-7-15(14)19-5)11-18(4)13-9-17-10-13/h6-8,13,17H,9-11H2,1-5H3. The molecule has 0 spiro atoms. The van der Waals surface area contributed by atoms with Crippen molar-refractivity contribution in [3.63, 3.8) is 0 Å². The second kappa shape index (κ2) is 5.51. The highest BCUT2D eigenvalue weighted by Gasteiger charge is 2.23. The molecule has 3 heteroatoms. The van der Waals surface area contributed by atoms with Crippen molar-refractivity contribution in [3.05, 3.63) is 29.3 Å². The molecule has 1 aliphatic rings. The maximum Gasteiger partial charge on any atom is 0.122 e. The molecular weight excluding hydrogens is 236 g/mol. The van der Waals surface area contributed by atoms with Gasteiger partial charge in [-0.05, 0) is 29.7 Å². The fourth-order valence-electron chi connectivity index (χ4n) is 2.44. The summed E-state index contributed by atoms with van der Waals surface area (Å²) in [7, 11) is 3.95. The van der Waals surface area contributed by atoms with Crippen molar-refractivity contribution >= 4 is 0 Å². The molecule has 19 heavy (non-hydrogen) atoms. The first-order valence-electron chi connectivity index (χ1n) is 7.00. The van der Waals surface area contributed by atoms with Crippen molar-refractivity contribution in [2.45, 2.75) is 38.8 Å². The number of rotatable bonds is 4. The third-order valence-electron chi connectivity index (χ3n) is 3.89. The molecule has 106 valence electrons. The minimum atomic E-state index is 0.109. The van der Waals surface area contributed by atoms with Crippen LogP contribution in [-0.4, -0.2) is 38.2 Å². The van der Waals surface area contributed by atoms with E-state index in [0.29, 0.717) is 6.04 Å². The zero-order valence-corrected chi connectivity index (χ0v) is 12.8. The highest BCUT2D eigenvalue weighted by Crippen LogP contribution is 2.32. The first-order valence-corrected chi connectivity index (χ1v) is 7.00. The topological polar surface area (TPSA) is 24.5 Å². The van der Waals surface area contributed by atoms with E-state index in [9.17, 15) is 0 Å². The number of benzene rings is 1. The van der Waals surface area contributed by atoms with Crippen LogP contribution in [0.15, 0.2) is 18.2 Å². The Hall–Kier alpha value is -1.06. The Kier molecular flexibility index (Phi) is 4.16. The summed E-state index contributed by atoms with van der Waals surface area (Å²) in [5.74, 6) is 0.990. The first kappa shape index (κ1) is 14.4. The van der Waals surface area contributed by atoms with Crippen LogP contribution < -0.4 is 10.1 Å². The van der Waals surface area contributed by atoms with Gasteiger partial charge in [0, 0.05) is 25.7 Å². The number of nitrogens with one attached hydrogen (secondary N) is 1. The van der Waals surface area contributed by atoms with E-state index < -0.39 is 0 Å². The summed E-state index contributed by atoms with van der Waals surface area (Å²) < 4.78 is 5.49. The van der Waals surface area contributed by atoms with Crippen molar-refractivity contribution < 1.29 is 4.74 Å². The molecule has 1 aromatic carbocycles. The van der Waals surface area contributed by atoms with E-state index in [0.717, 1.165) is 25.4 Å². The number of ether oxygens (including phenoxy) is 1. The average molecular weight is 262 g/mol. The normalized spacial score (nSPS) is 16.5. The van der Waals surface area contributed by atoms with Crippen molar-refractivity contribution in [2.24, 2.45) is 0 Å². The minimum Gasteiger partial charge on any atom is -0.496 e. The van der Waals surface area contributed by atoms with Crippen molar-refractivity contribution in [3.8, 4) is 5.75 Å². The van der Waals surface area contributed by atoms with Gasteiger partial charge < -0.3 is 10.1 Å². The van der Waals surface area contributed by atoms with Gasteiger partial charge in [0.25, 0.3) is 0 Å². The van der Waals surface area contributed by atoms with Crippen molar-refractivity contribution in [1.82, 2.24) is 10.2 Å². The van der Waals surface area contributed by atoms with Crippen LogP contribution in [-0.2, 0) is 12.0 Å². The molecule has 1 N–H and O–H groups in total. The quantitative estimate of drug-likeness (QED) is 0.902. The van der Waals surface area contributed by atoms with Crippen LogP contribution in [0.4, 0.5) is 0 Å². The number of nitrogens with zero attached hydrogens (tertiary/aromatic N) is 1. The summed E-state index contributed by atoms with van der Waals surface area (Å²) in [6.07, 6.45) is 0. The minimum absolute atomic E-state index is 0.109. The molecule has 1 fully saturated rings. The molecule has 1 aliphatic heterocycles. The molecule has 0 bridgehead atoms. The molecular formula is C16H26N2O. The van der Waals surface area contributed by atoms with Crippen molar-refractivity contribution in [1.29, 1.82) is 0 Å². The summed E-state index contributed by atoms with van der Waals surface area (Å²) in [4.78, 5) is 2.42. The number of likely N-dealkylation sites (N-methyl/N-ethyl adjacent to an activating group) is 1. The fraction of sp³-hybridized carbons (Fsp3) is 0.625. The van der Waals surface area contributed by atoms with Gasteiger partial charge >= 0.3 is 0 Å². The Morgan fingerprint density at radius 3 is 2.47 bits per heavy atom. The second-order valence-electron chi connectivity index (χ2n) is 6.51. The monoisotopic (exact) mass is 262 g/mol. The van der Waals surface area contributed by atoms with E-state index in [1.807, 2.05) is 0 Å². The van der Waals surface area contributed by atoms with E-state index in [4.69, 9.17) is 4.74 Å². The third-order valence-corrected chi connectivity index (χ3v) is 3.89. The molecule has 0 amide bonds. The lowest BCUT2D eigenvalue weighted by molar-refractivity contribution is 0.173. The average Bonchev–Trinajstić information content (AvgIpc) is 2.25. The molecule has 0 aliphatic carbocycles. The number of hydrogen-bond donors (Lipinski definition) is 1. The molecule has 0 unspecified atom stereocenters. The molecule has 0 atom stereocenters. The number of hydrogen-bond acceptors (Lipinski definition) is 3. The van der Waals surface area contributed by atoms with E-state index in [2.05, 4.69) is 56.2 Å². The fourth-order valence-corrected chi connectivity index (χ4v) is 2.44. The van der Waals surface area contributed by atoms with Gasteiger partial charge in [0.1, 0.15) is 5.75 Å². The van der Waals surface area contributed by atoms with Crippen LogP contribution in [0.5, 0.6) is 5.75 Å². The van der Waals surface area contributed by atoms with Gasteiger partial charge in [0.15, 0.2) is 0 Å². The molecule has 1 aromatic rings. The van der Waals surface area contributed by atoms with Crippen LogP contribution >= 0.6 is 0 Å². The zero-order chi connectivity index (χ0) is 14.0. The van der Waals surface area contributed by atoms with Gasteiger partial charge in [-0.1, -0.05) is 32.9 Å². The van der Waals surface area contributed by atoms with Gasteiger partial charge in [-0.15, -0.1) is 0 Å². The molecule has 2 rings (SSSR count). The Bertz CT molecular complexity index is 433. The van der Waals surface area contributed by atoms with Crippen LogP contribution in [0.1, 0.15) is 31.9 Å². The van der Waals surface area contributed by atoms with E-state index >= 15 is 0 Å². The zero-order valence-electron chi connectivity index (χ0n) is 12.8. The summed E-state index contributed by atoms with van der Waals surface area (Å²) >= 11 is 0. The summed E-state index contributed by atoms with van der Waals surface area (Å²) in [6.45, 7) is 9.91. The van der Waals surface area contributed by atoms with Crippen LogP contribution in [0.3, 0.4) is 0 Å². The highest BCUT2D eigenvalue weighted by molar-refractivity contribution is 5.41. The second-order valence-corrected chi connectivity index (χ2v) is 6.51. The van der Waals surface area contributed by atoms with Crippen LogP contribution in [0.25, 0.3) is 0 Å². The highest BCUT2D eigenvalue weighted by atomic mass is 16.5. The summed E-state index contributed by atoms with van der Waals surface area (Å²) in [5, 5.41) is 3.32. The summed E-state index contributed by atoms with van der Waals surface area (Å²) in [6, 6.07) is 7.25. The predicted molar refractivity (Wildman–Crippen MR) is 79.8 cm³/mol. The molecule has 0 aromatic heterocycles. The lowest BCUT2D eigenvalue weighted by atomic mass is 9.85. The number of methoxy groups -OCH3 is 1.